The van der Waals surface area contributed by atoms with Gasteiger partial charge in [-0.25, -0.2) is 4.98 Å². The quantitative estimate of drug-likeness (QED) is 0.878. The Labute approximate surface area is 124 Å². The fourth-order valence-electron chi connectivity index (χ4n) is 3.89. The number of rotatable bonds is 2. The van der Waals surface area contributed by atoms with Crippen molar-refractivity contribution in [3.8, 4) is 0 Å². The van der Waals surface area contributed by atoms with Gasteiger partial charge >= 0.3 is 0 Å². The first-order valence-electron chi connectivity index (χ1n) is 7.33. The number of anilines is 1. The highest BCUT2D eigenvalue weighted by molar-refractivity contribution is 6.32. The molecule has 3 fully saturated rings. The van der Waals surface area contributed by atoms with E-state index in [0.717, 1.165) is 30.5 Å². The van der Waals surface area contributed by atoms with Crippen LogP contribution in [0, 0.1) is 5.92 Å². The van der Waals surface area contributed by atoms with Crippen molar-refractivity contribution in [3.05, 3.63) is 35.2 Å². The van der Waals surface area contributed by atoms with Crippen LogP contribution in [0.25, 0.3) is 0 Å². The average molecular weight is 291 g/mol. The fraction of sp³-hybridized carbons (Fsp3) is 0.533. The van der Waals surface area contributed by atoms with Crippen LogP contribution in [0.3, 0.4) is 0 Å². The summed E-state index contributed by atoms with van der Waals surface area (Å²) in [4.78, 5) is 6.87. The van der Waals surface area contributed by atoms with E-state index < -0.39 is 0 Å². The van der Waals surface area contributed by atoms with Crippen molar-refractivity contribution in [2.45, 2.75) is 24.8 Å². The molecule has 0 radical (unpaired) electrons. The highest BCUT2D eigenvalue weighted by atomic mass is 35.5. The number of halogens is 1. The second kappa shape index (κ2) is 4.64. The number of hydrogen-bond acceptors (Lipinski definition) is 4. The summed E-state index contributed by atoms with van der Waals surface area (Å²) in [6.07, 6.45) is 7.75. The van der Waals surface area contributed by atoms with E-state index in [9.17, 15) is 0 Å². The van der Waals surface area contributed by atoms with E-state index in [2.05, 4.69) is 26.6 Å². The number of pyridine rings is 1. The van der Waals surface area contributed by atoms with Gasteiger partial charge in [0.15, 0.2) is 0 Å². The summed E-state index contributed by atoms with van der Waals surface area (Å²) in [5.74, 6) is 2.58. The van der Waals surface area contributed by atoms with E-state index in [0.29, 0.717) is 5.02 Å². The molecule has 2 N–H and O–H groups in total. The van der Waals surface area contributed by atoms with E-state index >= 15 is 0 Å². The second-order valence-corrected chi connectivity index (χ2v) is 6.52. The summed E-state index contributed by atoms with van der Waals surface area (Å²) in [6, 6.07) is 3.70. The maximum atomic E-state index is 6.15. The van der Waals surface area contributed by atoms with Gasteiger partial charge in [-0.3, -0.25) is 0 Å². The van der Waals surface area contributed by atoms with Crippen LogP contribution < -0.4 is 10.6 Å². The number of piperidine rings is 3. The molecule has 4 aliphatic rings. The third-order valence-electron chi connectivity index (χ3n) is 4.94. The standard InChI is InChI=1S/C15H19ClN4/c16-12-2-1-7-17-14(12)18-13-3-6-15(19-13)10-20-8-4-11(15)5-9-20/h1-3,7,11,19H,4-6,8-10H2,(H,17,18)/t15-/m0/s1. The highest BCUT2D eigenvalue weighted by Gasteiger charge is 2.48. The number of fused-ring (bicyclic) bond motifs is 2. The SMILES string of the molecule is Clc1cccnc1NC1=CC[C@@]2(CN3CCC2CC3)N1. The molecule has 1 atom stereocenters. The molecule has 5 rings (SSSR count). The molecule has 106 valence electrons. The van der Waals surface area contributed by atoms with Crippen molar-refractivity contribution in [2.24, 2.45) is 5.92 Å². The smallest absolute Gasteiger partial charge is 0.150 e. The topological polar surface area (TPSA) is 40.2 Å². The van der Waals surface area contributed by atoms with Crippen molar-refractivity contribution in [1.82, 2.24) is 15.2 Å². The van der Waals surface area contributed by atoms with Gasteiger partial charge in [-0.15, -0.1) is 0 Å². The second-order valence-electron chi connectivity index (χ2n) is 6.11. The Morgan fingerprint density at radius 3 is 2.95 bits per heavy atom. The molecule has 5 heterocycles. The molecule has 0 aromatic carbocycles. The highest BCUT2D eigenvalue weighted by Crippen LogP contribution is 2.41. The first-order valence-corrected chi connectivity index (χ1v) is 7.71. The molecular weight excluding hydrogens is 272 g/mol. The number of hydrogen-bond donors (Lipinski definition) is 2. The van der Waals surface area contributed by atoms with E-state index in [1.54, 1.807) is 6.20 Å². The van der Waals surface area contributed by atoms with Crippen LogP contribution in [0.2, 0.25) is 5.02 Å². The van der Waals surface area contributed by atoms with Gasteiger partial charge in [0.05, 0.1) is 10.6 Å². The lowest BCUT2D eigenvalue weighted by Crippen LogP contribution is -2.64. The predicted octanol–water partition coefficient (Wildman–Crippen LogP) is 2.45. The van der Waals surface area contributed by atoms with Crippen molar-refractivity contribution in [3.63, 3.8) is 0 Å². The molecule has 20 heavy (non-hydrogen) atoms. The van der Waals surface area contributed by atoms with Crippen LogP contribution in [-0.2, 0) is 0 Å². The van der Waals surface area contributed by atoms with Gasteiger partial charge in [-0.05, 0) is 56.5 Å². The van der Waals surface area contributed by atoms with Crippen LogP contribution >= 0.6 is 11.6 Å². The Kier molecular flexibility index (Phi) is 2.89. The summed E-state index contributed by atoms with van der Waals surface area (Å²) in [5.41, 5.74) is 0.236. The summed E-state index contributed by atoms with van der Waals surface area (Å²) in [5, 5.41) is 7.71. The lowest BCUT2D eigenvalue weighted by Gasteiger charge is -2.52. The van der Waals surface area contributed by atoms with Gasteiger partial charge in [0.25, 0.3) is 0 Å². The Hall–Kier alpha value is -1.26. The molecule has 2 bridgehead atoms. The maximum Gasteiger partial charge on any atom is 0.150 e. The largest absolute Gasteiger partial charge is 0.365 e. The lowest BCUT2D eigenvalue weighted by molar-refractivity contribution is 0.0189. The normalized spacial score (nSPS) is 35.0. The van der Waals surface area contributed by atoms with Crippen LogP contribution in [-0.4, -0.2) is 35.1 Å². The number of nitrogens with zero attached hydrogens (tertiary/aromatic N) is 2. The summed E-state index contributed by atoms with van der Waals surface area (Å²) >= 11 is 6.15. The van der Waals surface area contributed by atoms with Crippen molar-refractivity contribution in [1.29, 1.82) is 0 Å². The number of nitrogens with one attached hydrogen (secondary N) is 2. The molecule has 1 spiro atoms. The van der Waals surface area contributed by atoms with Gasteiger partial charge in [-0.2, -0.15) is 0 Å². The van der Waals surface area contributed by atoms with Crippen molar-refractivity contribution >= 4 is 17.4 Å². The molecule has 0 unspecified atom stereocenters. The van der Waals surface area contributed by atoms with Gasteiger partial charge in [0, 0.05) is 12.7 Å². The van der Waals surface area contributed by atoms with E-state index in [4.69, 9.17) is 11.6 Å². The summed E-state index contributed by atoms with van der Waals surface area (Å²) in [7, 11) is 0. The average Bonchev–Trinajstić information content (AvgIpc) is 2.85. The van der Waals surface area contributed by atoms with Crippen LogP contribution in [0.1, 0.15) is 19.3 Å². The van der Waals surface area contributed by atoms with Crippen molar-refractivity contribution < 1.29 is 0 Å². The molecule has 0 aliphatic carbocycles. The Bertz CT molecular complexity index is 551. The Morgan fingerprint density at radius 2 is 2.25 bits per heavy atom. The minimum Gasteiger partial charge on any atom is -0.365 e. The molecule has 5 heteroatoms. The van der Waals surface area contributed by atoms with Gasteiger partial charge in [-0.1, -0.05) is 11.6 Å². The molecule has 0 saturated carbocycles. The molecule has 1 aromatic heterocycles. The van der Waals surface area contributed by atoms with Gasteiger partial charge in [0.1, 0.15) is 11.6 Å². The van der Waals surface area contributed by atoms with Crippen LogP contribution in [0.5, 0.6) is 0 Å². The zero-order valence-electron chi connectivity index (χ0n) is 11.4. The van der Waals surface area contributed by atoms with E-state index in [1.807, 2.05) is 12.1 Å². The molecular formula is C15H19ClN4. The van der Waals surface area contributed by atoms with Crippen LogP contribution in [0.4, 0.5) is 5.82 Å². The molecule has 4 nitrogen and oxygen atoms in total. The zero-order chi connectivity index (χ0) is 13.6. The van der Waals surface area contributed by atoms with Gasteiger partial charge in [0.2, 0.25) is 0 Å². The zero-order valence-corrected chi connectivity index (χ0v) is 12.2. The minimum absolute atomic E-state index is 0.236. The van der Waals surface area contributed by atoms with Crippen LogP contribution in [0.15, 0.2) is 30.2 Å². The third kappa shape index (κ3) is 1.98. The maximum absolute atomic E-state index is 6.15. The molecule has 0 amide bonds. The Morgan fingerprint density at radius 1 is 1.40 bits per heavy atom. The molecule has 1 aromatic rings. The molecule has 4 aliphatic heterocycles. The predicted molar refractivity (Wildman–Crippen MR) is 80.6 cm³/mol. The minimum atomic E-state index is 0.236. The molecule has 3 saturated heterocycles. The first kappa shape index (κ1) is 12.5. The lowest BCUT2D eigenvalue weighted by atomic mass is 9.72. The summed E-state index contributed by atoms with van der Waals surface area (Å²) in [6.45, 7) is 3.70. The Balaban J connectivity index is 1.49. The van der Waals surface area contributed by atoms with Crippen molar-refractivity contribution in [2.75, 3.05) is 25.0 Å². The third-order valence-corrected chi connectivity index (χ3v) is 5.25. The van der Waals surface area contributed by atoms with E-state index in [1.165, 1.54) is 25.9 Å². The van der Waals surface area contributed by atoms with E-state index in [-0.39, 0.29) is 5.54 Å². The number of aromatic nitrogens is 1. The fourth-order valence-corrected chi connectivity index (χ4v) is 4.06. The summed E-state index contributed by atoms with van der Waals surface area (Å²) < 4.78 is 0. The van der Waals surface area contributed by atoms with Gasteiger partial charge < -0.3 is 15.5 Å². The first-order chi connectivity index (χ1) is 9.75. The monoisotopic (exact) mass is 290 g/mol.